The predicted molar refractivity (Wildman–Crippen MR) is 56.9 cm³/mol. The summed E-state index contributed by atoms with van der Waals surface area (Å²) in [4.78, 5) is 10.9. The molecule has 0 rings (SSSR count). The van der Waals surface area contributed by atoms with E-state index in [1.165, 1.54) is 7.11 Å². The fraction of sp³-hybridized carbons (Fsp3) is 0.875. The lowest BCUT2D eigenvalue weighted by Crippen LogP contribution is -2.12. The minimum Gasteiger partial charge on any atom is -0.469 e. The van der Waals surface area contributed by atoms with E-state index in [-0.39, 0.29) is 5.97 Å². The first kappa shape index (κ1) is 12.2. The molecule has 0 aliphatic rings. The highest BCUT2D eigenvalue weighted by Crippen LogP contribution is 2.17. The molecular formula is C8H16O2S2. The van der Waals surface area contributed by atoms with Crippen molar-refractivity contribution in [2.75, 3.05) is 25.4 Å². The Bertz CT molecular complexity index is 128. The summed E-state index contributed by atoms with van der Waals surface area (Å²) in [7, 11) is 1.44. The van der Waals surface area contributed by atoms with Gasteiger partial charge in [0.05, 0.1) is 13.5 Å². The Morgan fingerprint density at radius 1 is 1.50 bits per heavy atom. The van der Waals surface area contributed by atoms with E-state index >= 15 is 0 Å². The van der Waals surface area contributed by atoms with Crippen LogP contribution in [0.1, 0.15) is 12.8 Å². The molecule has 0 saturated heterocycles. The number of carbonyl (C=O) groups excluding carboxylic acids is 1. The molecule has 1 atom stereocenters. The summed E-state index contributed by atoms with van der Waals surface area (Å²) in [5.74, 6) is 1.01. The average Bonchev–Trinajstić information content (AvgIpc) is 2.11. The molecule has 0 aromatic heterocycles. The fourth-order valence-electron chi connectivity index (χ4n) is 0.822. The van der Waals surface area contributed by atoms with Crippen LogP contribution in [0.4, 0.5) is 0 Å². The van der Waals surface area contributed by atoms with Gasteiger partial charge in [-0.3, -0.25) is 4.79 Å². The van der Waals surface area contributed by atoms with Crippen LogP contribution in [-0.2, 0) is 9.53 Å². The van der Waals surface area contributed by atoms with Gasteiger partial charge in [-0.2, -0.15) is 23.5 Å². The van der Waals surface area contributed by atoms with Gasteiger partial charge in [0.15, 0.2) is 0 Å². The monoisotopic (exact) mass is 208 g/mol. The van der Waals surface area contributed by atoms with Gasteiger partial charge in [-0.1, -0.05) is 0 Å². The highest BCUT2D eigenvalue weighted by molar-refractivity contribution is 7.99. The number of esters is 1. The Kier molecular flexibility index (Phi) is 7.91. The topological polar surface area (TPSA) is 26.3 Å². The van der Waals surface area contributed by atoms with Crippen molar-refractivity contribution in [2.24, 2.45) is 0 Å². The van der Waals surface area contributed by atoms with Crippen molar-refractivity contribution in [3.63, 3.8) is 0 Å². The maximum atomic E-state index is 10.9. The zero-order chi connectivity index (χ0) is 9.40. The van der Waals surface area contributed by atoms with Gasteiger partial charge in [0, 0.05) is 5.25 Å². The maximum absolute atomic E-state index is 10.9. The molecule has 0 radical (unpaired) electrons. The van der Waals surface area contributed by atoms with Crippen molar-refractivity contribution in [2.45, 2.75) is 18.1 Å². The van der Waals surface area contributed by atoms with Crippen molar-refractivity contribution < 1.29 is 9.53 Å². The lowest BCUT2D eigenvalue weighted by atomic mass is 10.2. The largest absolute Gasteiger partial charge is 0.469 e. The number of hydrogen-bond acceptors (Lipinski definition) is 4. The first-order chi connectivity index (χ1) is 5.74. The van der Waals surface area contributed by atoms with E-state index in [0.29, 0.717) is 11.7 Å². The van der Waals surface area contributed by atoms with E-state index in [4.69, 9.17) is 0 Å². The van der Waals surface area contributed by atoms with Crippen LogP contribution >= 0.6 is 23.5 Å². The van der Waals surface area contributed by atoms with Gasteiger partial charge in [-0.25, -0.2) is 0 Å². The Hall–Kier alpha value is 0.170. The lowest BCUT2D eigenvalue weighted by molar-refractivity contribution is -0.140. The Labute approximate surface area is 82.8 Å². The van der Waals surface area contributed by atoms with Crippen LogP contribution < -0.4 is 0 Å². The standard InChI is InChI=1S/C8H16O2S2/c1-10-8(9)6-7(12-3)4-5-11-2/h7H,4-6H2,1-3H3. The molecule has 0 aliphatic carbocycles. The molecule has 12 heavy (non-hydrogen) atoms. The molecule has 0 aliphatic heterocycles. The van der Waals surface area contributed by atoms with E-state index in [2.05, 4.69) is 11.0 Å². The Balaban J connectivity index is 3.59. The van der Waals surface area contributed by atoms with Crippen LogP contribution in [0.15, 0.2) is 0 Å². The zero-order valence-corrected chi connectivity index (χ0v) is 9.46. The van der Waals surface area contributed by atoms with Crippen LogP contribution in [0.25, 0.3) is 0 Å². The van der Waals surface area contributed by atoms with Crippen LogP contribution in [0.2, 0.25) is 0 Å². The molecule has 0 aromatic rings. The molecule has 72 valence electrons. The van der Waals surface area contributed by atoms with E-state index in [9.17, 15) is 4.79 Å². The summed E-state index contributed by atoms with van der Waals surface area (Å²) >= 11 is 3.55. The molecule has 0 heterocycles. The van der Waals surface area contributed by atoms with Crippen molar-refractivity contribution in [3.8, 4) is 0 Å². The van der Waals surface area contributed by atoms with Gasteiger partial charge in [-0.05, 0) is 24.7 Å². The van der Waals surface area contributed by atoms with Gasteiger partial charge < -0.3 is 4.74 Å². The van der Waals surface area contributed by atoms with Gasteiger partial charge in [0.1, 0.15) is 0 Å². The van der Waals surface area contributed by atoms with Crippen LogP contribution in [0.5, 0.6) is 0 Å². The second kappa shape index (κ2) is 7.80. The highest BCUT2D eigenvalue weighted by Gasteiger charge is 2.11. The molecule has 0 N–H and O–H groups in total. The number of ether oxygens (including phenoxy) is 1. The molecule has 0 bridgehead atoms. The number of thioether (sulfide) groups is 2. The quantitative estimate of drug-likeness (QED) is 0.624. The first-order valence-corrected chi connectivity index (χ1v) is 6.51. The molecule has 0 saturated carbocycles. The van der Waals surface area contributed by atoms with E-state index in [0.717, 1.165) is 12.2 Å². The summed E-state index contributed by atoms with van der Waals surface area (Å²) < 4.78 is 4.60. The second-order valence-corrected chi connectivity index (χ2v) is 4.54. The number of carbonyl (C=O) groups is 1. The lowest BCUT2D eigenvalue weighted by Gasteiger charge is -2.11. The third-order valence-electron chi connectivity index (χ3n) is 1.60. The number of hydrogen-bond donors (Lipinski definition) is 0. The summed E-state index contributed by atoms with van der Waals surface area (Å²) in [5, 5.41) is 0.421. The third kappa shape index (κ3) is 5.77. The molecule has 0 amide bonds. The van der Waals surface area contributed by atoms with Crippen molar-refractivity contribution in [1.82, 2.24) is 0 Å². The fourth-order valence-corrected chi connectivity index (χ4v) is 2.15. The van der Waals surface area contributed by atoms with Crippen LogP contribution in [0.3, 0.4) is 0 Å². The molecule has 4 heteroatoms. The highest BCUT2D eigenvalue weighted by atomic mass is 32.2. The SMILES string of the molecule is COC(=O)CC(CCSC)SC. The summed E-state index contributed by atoms with van der Waals surface area (Å²) in [6, 6.07) is 0. The number of rotatable bonds is 6. The Morgan fingerprint density at radius 2 is 2.17 bits per heavy atom. The summed E-state index contributed by atoms with van der Waals surface area (Å²) in [6.07, 6.45) is 5.74. The molecular weight excluding hydrogens is 192 g/mol. The zero-order valence-electron chi connectivity index (χ0n) is 7.83. The molecule has 1 unspecified atom stereocenters. The number of methoxy groups -OCH3 is 1. The van der Waals surface area contributed by atoms with E-state index < -0.39 is 0 Å². The predicted octanol–water partition coefficient (Wildman–Crippen LogP) is 2.03. The molecule has 0 aromatic carbocycles. The van der Waals surface area contributed by atoms with Gasteiger partial charge >= 0.3 is 5.97 Å². The van der Waals surface area contributed by atoms with Gasteiger partial charge in [0.2, 0.25) is 0 Å². The first-order valence-electron chi connectivity index (χ1n) is 3.83. The van der Waals surface area contributed by atoms with Gasteiger partial charge in [0.25, 0.3) is 0 Å². The smallest absolute Gasteiger partial charge is 0.306 e. The van der Waals surface area contributed by atoms with Crippen LogP contribution in [-0.4, -0.2) is 36.6 Å². The minimum atomic E-state index is -0.101. The second-order valence-electron chi connectivity index (χ2n) is 2.42. The molecule has 0 fully saturated rings. The average molecular weight is 208 g/mol. The van der Waals surface area contributed by atoms with E-state index in [1.54, 1.807) is 11.8 Å². The molecule has 2 nitrogen and oxygen atoms in total. The van der Waals surface area contributed by atoms with E-state index in [1.807, 2.05) is 18.0 Å². The van der Waals surface area contributed by atoms with Crippen molar-refractivity contribution >= 4 is 29.5 Å². The maximum Gasteiger partial charge on any atom is 0.306 e. The van der Waals surface area contributed by atoms with Gasteiger partial charge in [-0.15, -0.1) is 0 Å². The van der Waals surface area contributed by atoms with Crippen molar-refractivity contribution in [1.29, 1.82) is 0 Å². The minimum absolute atomic E-state index is 0.101. The Morgan fingerprint density at radius 3 is 2.58 bits per heavy atom. The summed E-state index contributed by atoms with van der Waals surface area (Å²) in [6.45, 7) is 0. The molecule has 0 spiro atoms. The summed E-state index contributed by atoms with van der Waals surface area (Å²) in [5.41, 5.74) is 0. The van der Waals surface area contributed by atoms with Crippen LogP contribution in [0, 0.1) is 0 Å². The normalized spacial score (nSPS) is 12.6. The van der Waals surface area contributed by atoms with Crippen molar-refractivity contribution in [3.05, 3.63) is 0 Å². The third-order valence-corrected chi connectivity index (χ3v) is 3.31.